The van der Waals surface area contributed by atoms with E-state index in [2.05, 4.69) is 16.0 Å². The van der Waals surface area contributed by atoms with Gasteiger partial charge in [0.25, 0.3) is 0 Å². The highest BCUT2D eigenvalue weighted by Gasteiger charge is 2.30. The summed E-state index contributed by atoms with van der Waals surface area (Å²) in [6.45, 7) is 10.7. The molecule has 0 radical (unpaired) electrons. The Morgan fingerprint density at radius 3 is 1.79 bits per heavy atom. The van der Waals surface area contributed by atoms with Gasteiger partial charge in [0.2, 0.25) is 17.7 Å². The Kier molecular flexibility index (Phi) is 11.4. The second-order valence-corrected chi connectivity index (χ2v) is 8.27. The molecule has 28 heavy (non-hydrogen) atoms. The highest BCUT2D eigenvalue weighted by Crippen LogP contribution is 2.09. The minimum absolute atomic E-state index is 0.0902. The number of carboxylic acid groups (broad SMARTS) is 1. The quantitative estimate of drug-likeness (QED) is 0.316. The number of carbonyl (C=O) groups is 4. The lowest BCUT2D eigenvalue weighted by atomic mass is 9.98. The van der Waals surface area contributed by atoms with Crippen molar-refractivity contribution < 1.29 is 24.3 Å². The van der Waals surface area contributed by atoms with E-state index >= 15 is 0 Å². The van der Waals surface area contributed by atoms with Crippen molar-refractivity contribution in [1.82, 2.24) is 16.0 Å². The van der Waals surface area contributed by atoms with Crippen LogP contribution in [-0.2, 0) is 19.2 Å². The maximum Gasteiger partial charge on any atom is 0.322 e. The zero-order chi connectivity index (χ0) is 22.0. The smallest absolute Gasteiger partial charge is 0.322 e. The van der Waals surface area contributed by atoms with Gasteiger partial charge in [0.05, 0.1) is 6.04 Å². The molecule has 0 bridgehead atoms. The van der Waals surface area contributed by atoms with Gasteiger partial charge >= 0.3 is 5.97 Å². The van der Waals surface area contributed by atoms with Crippen molar-refractivity contribution >= 4 is 23.7 Å². The minimum Gasteiger partial charge on any atom is -0.480 e. The summed E-state index contributed by atoms with van der Waals surface area (Å²) in [5.74, 6) is -2.57. The molecule has 6 N–H and O–H groups in total. The molecule has 0 heterocycles. The zero-order valence-electron chi connectivity index (χ0n) is 17.7. The number of hydrogen-bond acceptors (Lipinski definition) is 5. The Balaban J connectivity index is 5.15. The Hall–Kier alpha value is -2.16. The topological polar surface area (TPSA) is 151 Å². The number of aliphatic carboxylic acids is 1. The first kappa shape index (κ1) is 25.8. The highest BCUT2D eigenvalue weighted by molar-refractivity contribution is 5.93. The number of carboxylic acids is 1. The average Bonchev–Trinajstić information content (AvgIpc) is 2.54. The van der Waals surface area contributed by atoms with Gasteiger partial charge in [-0.25, -0.2) is 0 Å². The third-order valence-electron chi connectivity index (χ3n) is 4.06. The Labute approximate surface area is 167 Å². The number of nitrogens with one attached hydrogen (secondary N) is 3. The zero-order valence-corrected chi connectivity index (χ0v) is 17.7. The van der Waals surface area contributed by atoms with Crippen LogP contribution < -0.4 is 21.7 Å². The SMILES string of the molecule is CC(C)C[C@H](NC(=O)[C@@H](NC(=O)[C@@H](N)CC(C)C)C(C)C)C(=O)NCC(=O)O. The van der Waals surface area contributed by atoms with Crippen LogP contribution in [0.3, 0.4) is 0 Å². The molecule has 9 heteroatoms. The molecule has 0 fully saturated rings. The van der Waals surface area contributed by atoms with Crippen LogP contribution in [0.15, 0.2) is 0 Å². The van der Waals surface area contributed by atoms with Crippen molar-refractivity contribution in [3.63, 3.8) is 0 Å². The fourth-order valence-corrected chi connectivity index (χ4v) is 2.66. The van der Waals surface area contributed by atoms with Gasteiger partial charge in [0.1, 0.15) is 18.6 Å². The lowest BCUT2D eigenvalue weighted by molar-refractivity contribution is -0.138. The van der Waals surface area contributed by atoms with Crippen LogP contribution in [0, 0.1) is 17.8 Å². The van der Waals surface area contributed by atoms with Crippen molar-refractivity contribution in [3.8, 4) is 0 Å². The van der Waals surface area contributed by atoms with Gasteiger partial charge in [-0.2, -0.15) is 0 Å². The van der Waals surface area contributed by atoms with Crippen LogP contribution in [0.5, 0.6) is 0 Å². The van der Waals surface area contributed by atoms with E-state index in [4.69, 9.17) is 10.8 Å². The number of carbonyl (C=O) groups excluding carboxylic acids is 3. The van der Waals surface area contributed by atoms with E-state index in [9.17, 15) is 19.2 Å². The molecule has 0 rings (SSSR count). The summed E-state index contributed by atoms with van der Waals surface area (Å²) < 4.78 is 0. The van der Waals surface area contributed by atoms with E-state index in [0.29, 0.717) is 12.8 Å². The van der Waals surface area contributed by atoms with Crippen LogP contribution in [0.1, 0.15) is 54.4 Å². The van der Waals surface area contributed by atoms with Crippen LogP contribution in [0.4, 0.5) is 0 Å². The first-order valence-electron chi connectivity index (χ1n) is 9.70. The van der Waals surface area contributed by atoms with Crippen molar-refractivity contribution in [2.75, 3.05) is 6.54 Å². The summed E-state index contributed by atoms with van der Waals surface area (Å²) in [5, 5.41) is 16.3. The van der Waals surface area contributed by atoms with Gasteiger partial charge < -0.3 is 26.8 Å². The fourth-order valence-electron chi connectivity index (χ4n) is 2.66. The van der Waals surface area contributed by atoms with Gasteiger partial charge in [-0.15, -0.1) is 0 Å². The van der Waals surface area contributed by atoms with Gasteiger partial charge in [-0.05, 0) is 30.6 Å². The predicted octanol–water partition coefficient (Wildman–Crippen LogP) is 0.232. The molecule has 0 aliphatic carbocycles. The molecule has 0 aromatic carbocycles. The standard InChI is InChI=1S/C19H36N4O5/c1-10(2)7-13(20)17(26)23-16(12(5)6)19(28)22-14(8-11(3)4)18(27)21-9-15(24)25/h10-14,16H,7-9,20H2,1-6H3,(H,21,27)(H,22,28)(H,23,26)(H,24,25)/t13-,14-,16-/m0/s1. The second-order valence-electron chi connectivity index (χ2n) is 8.27. The second kappa shape index (κ2) is 12.3. The molecule has 162 valence electrons. The molecule has 3 atom stereocenters. The predicted molar refractivity (Wildman–Crippen MR) is 106 cm³/mol. The van der Waals surface area contributed by atoms with E-state index in [-0.39, 0.29) is 17.8 Å². The van der Waals surface area contributed by atoms with Gasteiger partial charge in [0.15, 0.2) is 0 Å². The summed E-state index contributed by atoms with van der Waals surface area (Å²) in [4.78, 5) is 48.0. The third-order valence-corrected chi connectivity index (χ3v) is 4.06. The van der Waals surface area contributed by atoms with E-state index in [1.165, 1.54) is 0 Å². The summed E-state index contributed by atoms with van der Waals surface area (Å²) in [6.07, 6.45) is 0.828. The van der Waals surface area contributed by atoms with Crippen LogP contribution in [0.2, 0.25) is 0 Å². The molecular formula is C19H36N4O5. The van der Waals surface area contributed by atoms with Crippen LogP contribution in [0.25, 0.3) is 0 Å². The highest BCUT2D eigenvalue weighted by atomic mass is 16.4. The lowest BCUT2D eigenvalue weighted by Crippen LogP contribution is -2.57. The third kappa shape index (κ3) is 10.2. The number of hydrogen-bond donors (Lipinski definition) is 5. The molecule has 0 aromatic rings. The molecular weight excluding hydrogens is 364 g/mol. The van der Waals surface area contributed by atoms with Gasteiger partial charge in [-0.3, -0.25) is 19.2 Å². The van der Waals surface area contributed by atoms with Crippen molar-refractivity contribution in [2.24, 2.45) is 23.5 Å². The molecule has 0 aromatic heterocycles. The first-order valence-corrected chi connectivity index (χ1v) is 9.70. The number of rotatable bonds is 12. The summed E-state index contributed by atoms with van der Waals surface area (Å²) >= 11 is 0. The Morgan fingerprint density at radius 1 is 0.821 bits per heavy atom. The van der Waals surface area contributed by atoms with E-state index in [0.717, 1.165) is 0 Å². The first-order chi connectivity index (χ1) is 12.8. The largest absolute Gasteiger partial charge is 0.480 e. The Morgan fingerprint density at radius 2 is 1.36 bits per heavy atom. The van der Waals surface area contributed by atoms with E-state index in [1.54, 1.807) is 13.8 Å². The van der Waals surface area contributed by atoms with Crippen LogP contribution >= 0.6 is 0 Å². The number of nitrogens with two attached hydrogens (primary N) is 1. The maximum absolute atomic E-state index is 12.7. The minimum atomic E-state index is -1.17. The summed E-state index contributed by atoms with van der Waals surface area (Å²) in [7, 11) is 0. The molecule has 0 spiro atoms. The van der Waals surface area contributed by atoms with E-state index in [1.807, 2.05) is 27.7 Å². The number of amides is 3. The Bertz CT molecular complexity index is 548. The lowest BCUT2D eigenvalue weighted by Gasteiger charge is -2.27. The van der Waals surface area contributed by atoms with Crippen molar-refractivity contribution in [1.29, 1.82) is 0 Å². The average molecular weight is 401 g/mol. The fraction of sp³-hybridized carbons (Fsp3) is 0.789. The molecule has 3 amide bonds. The molecule has 0 saturated heterocycles. The van der Waals surface area contributed by atoms with Crippen LogP contribution in [-0.4, -0.2) is 53.5 Å². The molecule has 0 aliphatic rings. The molecule has 9 nitrogen and oxygen atoms in total. The van der Waals surface area contributed by atoms with Gasteiger partial charge in [0, 0.05) is 0 Å². The van der Waals surface area contributed by atoms with Gasteiger partial charge in [-0.1, -0.05) is 41.5 Å². The molecule has 0 saturated carbocycles. The maximum atomic E-state index is 12.7. The van der Waals surface area contributed by atoms with E-state index < -0.39 is 48.4 Å². The summed E-state index contributed by atoms with van der Waals surface area (Å²) in [6, 6.07) is -2.47. The van der Waals surface area contributed by atoms with Crippen molar-refractivity contribution in [3.05, 3.63) is 0 Å². The molecule has 0 aliphatic heterocycles. The monoisotopic (exact) mass is 400 g/mol. The molecule has 0 unspecified atom stereocenters. The normalized spacial score (nSPS) is 14.5. The van der Waals surface area contributed by atoms with Crippen molar-refractivity contribution in [2.45, 2.75) is 72.5 Å². The summed E-state index contributed by atoms with van der Waals surface area (Å²) in [5.41, 5.74) is 5.89.